The smallest absolute Gasteiger partial charge is 0.0736 e. The van der Waals surface area contributed by atoms with Crippen LogP contribution in [0.15, 0.2) is 67.1 Å². The van der Waals surface area contributed by atoms with Gasteiger partial charge in [0.1, 0.15) is 0 Å². The quantitative estimate of drug-likeness (QED) is 0.351. The van der Waals surface area contributed by atoms with E-state index in [4.69, 9.17) is 15.2 Å². The van der Waals surface area contributed by atoms with Crippen molar-refractivity contribution in [2.45, 2.75) is 13.2 Å². The first-order chi connectivity index (χ1) is 12.8. The summed E-state index contributed by atoms with van der Waals surface area (Å²) in [6.45, 7) is 2.11. The van der Waals surface area contributed by atoms with Crippen LogP contribution in [0.2, 0.25) is 0 Å². The van der Waals surface area contributed by atoms with Crippen LogP contribution in [0.5, 0.6) is 0 Å². The van der Waals surface area contributed by atoms with Gasteiger partial charge in [-0.15, -0.1) is 0 Å². The number of anilines is 1. The number of nitrogen functional groups attached to an aromatic ring is 1. The molecule has 134 valence electrons. The van der Waals surface area contributed by atoms with E-state index < -0.39 is 0 Å². The molecule has 0 aliphatic heterocycles. The van der Waals surface area contributed by atoms with Crippen LogP contribution in [-0.4, -0.2) is 28.4 Å². The molecule has 2 heterocycles. The van der Waals surface area contributed by atoms with Crippen molar-refractivity contribution in [3.05, 3.63) is 78.3 Å². The summed E-state index contributed by atoms with van der Waals surface area (Å²) in [5, 5.41) is 6.88. The van der Waals surface area contributed by atoms with E-state index in [9.17, 15) is 0 Å². The van der Waals surface area contributed by atoms with Crippen molar-refractivity contribution < 1.29 is 9.47 Å². The van der Waals surface area contributed by atoms with Gasteiger partial charge in [0.2, 0.25) is 0 Å². The van der Waals surface area contributed by atoms with Crippen LogP contribution in [0.1, 0.15) is 11.1 Å². The Hall–Kier alpha value is -2.96. The zero-order valence-corrected chi connectivity index (χ0v) is 14.5. The summed E-state index contributed by atoms with van der Waals surface area (Å²) in [5.74, 6) is 0. The van der Waals surface area contributed by atoms with Crippen LogP contribution in [0.25, 0.3) is 11.3 Å². The summed E-state index contributed by atoms with van der Waals surface area (Å²) >= 11 is 0. The number of ether oxygens (including phenoxy) is 2. The fraction of sp³-hybridized carbons (Fsp3) is 0.200. The van der Waals surface area contributed by atoms with Gasteiger partial charge in [-0.1, -0.05) is 24.3 Å². The summed E-state index contributed by atoms with van der Waals surface area (Å²) < 4.78 is 11.2. The van der Waals surface area contributed by atoms with E-state index in [2.05, 4.69) is 15.2 Å². The minimum atomic E-state index is 0.503. The minimum absolute atomic E-state index is 0.503. The second kappa shape index (κ2) is 9.50. The molecule has 3 rings (SSSR count). The van der Waals surface area contributed by atoms with Crippen molar-refractivity contribution >= 4 is 5.69 Å². The first-order valence-corrected chi connectivity index (χ1v) is 8.40. The van der Waals surface area contributed by atoms with Crippen molar-refractivity contribution in [2.75, 3.05) is 18.9 Å². The van der Waals surface area contributed by atoms with Crippen molar-refractivity contribution in [1.82, 2.24) is 15.2 Å². The van der Waals surface area contributed by atoms with E-state index >= 15 is 0 Å². The highest BCUT2D eigenvalue weighted by Gasteiger charge is 2.01. The average Bonchev–Trinajstić information content (AvgIpc) is 3.19. The number of rotatable bonds is 9. The number of nitrogens with zero attached hydrogens (tertiary/aromatic N) is 2. The third kappa shape index (κ3) is 5.54. The summed E-state index contributed by atoms with van der Waals surface area (Å²) in [6.07, 6.45) is 9.22. The van der Waals surface area contributed by atoms with Gasteiger partial charge >= 0.3 is 0 Å². The Kier molecular flexibility index (Phi) is 6.53. The Morgan fingerprint density at radius 3 is 2.50 bits per heavy atom. The van der Waals surface area contributed by atoms with Crippen molar-refractivity contribution in [2.24, 2.45) is 0 Å². The van der Waals surface area contributed by atoms with Gasteiger partial charge in [-0.25, -0.2) is 0 Å². The Balaban J connectivity index is 1.34. The zero-order valence-electron chi connectivity index (χ0n) is 14.5. The summed E-state index contributed by atoms with van der Waals surface area (Å²) in [6, 6.07) is 11.6. The molecule has 0 aliphatic carbocycles. The van der Waals surface area contributed by atoms with E-state index in [1.54, 1.807) is 18.6 Å². The number of hydrogen-bond donors (Lipinski definition) is 2. The molecule has 3 aromatic rings. The fourth-order valence-corrected chi connectivity index (χ4v) is 2.44. The van der Waals surface area contributed by atoms with Crippen molar-refractivity contribution in [1.29, 1.82) is 0 Å². The molecule has 0 amide bonds. The average molecular weight is 350 g/mol. The lowest BCUT2D eigenvalue weighted by molar-refractivity contribution is 0.140. The first kappa shape index (κ1) is 17.8. The lowest BCUT2D eigenvalue weighted by Crippen LogP contribution is -1.96. The lowest BCUT2D eigenvalue weighted by Gasteiger charge is -2.04. The lowest BCUT2D eigenvalue weighted by atomic mass is 10.1. The van der Waals surface area contributed by atoms with Crippen LogP contribution in [0.3, 0.4) is 0 Å². The van der Waals surface area contributed by atoms with Crippen LogP contribution in [-0.2, 0) is 22.7 Å². The van der Waals surface area contributed by atoms with Crippen LogP contribution < -0.4 is 5.73 Å². The van der Waals surface area contributed by atoms with E-state index in [-0.39, 0.29) is 0 Å². The topological polar surface area (TPSA) is 86.1 Å². The number of benzene rings is 1. The molecule has 26 heavy (non-hydrogen) atoms. The zero-order chi connectivity index (χ0) is 18.0. The largest absolute Gasteiger partial charge is 0.399 e. The Morgan fingerprint density at radius 1 is 0.962 bits per heavy atom. The second-order valence-electron chi connectivity index (χ2n) is 5.80. The molecule has 6 heteroatoms. The Bertz CT molecular complexity index is 831. The van der Waals surface area contributed by atoms with Gasteiger partial charge in [-0.3, -0.25) is 10.1 Å². The molecule has 0 unspecified atom stereocenters. The molecule has 0 saturated heterocycles. The predicted molar refractivity (Wildman–Crippen MR) is 101 cm³/mol. The van der Waals surface area contributed by atoms with Gasteiger partial charge in [0.05, 0.1) is 32.1 Å². The maximum Gasteiger partial charge on any atom is 0.0736 e. The number of aromatic amines is 1. The van der Waals surface area contributed by atoms with Crippen molar-refractivity contribution in [3.63, 3.8) is 0 Å². The normalized spacial score (nSPS) is 11.2. The molecular weight excluding hydrogens is 328 g/mol. The number of pyridine rings is 1. The molecule has 0 saturated carbocycles. The highest BCUT2D eigenvalue weighted by Crippen LogP contribution is 2.16. The standard InChI is InChI=1S/C20H22N4O2/c21-19-5-3-4-16(11-19)14-25-8-1-2-9-26-15-17-10-18(13-22-12-17)20-6-7-23-24-20/h1-7,10-13H,8-9,14-15,21H2,(H,23,24)/b2-1+. The Morgan fingerprint density at radius 2 is 1.77 bits per heavy atom. The van der Waals surface area contributed by atoms with E-state index in [0.29, 0.717) is 26.4 Å². The maximum absolute atomic E-state index is 5.73. The fourth-order valence-electron chi connectivity index (χ4n) is 2.44. The van der Waals surface area contributed by atoms with E-state index in [1.807, 2.05) is 48.6 Å². The molecule has 2 aromatic heterocycles. The number of H-pyrrole nitrogens is 1. The van der Waals surface area contributed by atoms with E-state index in [0.717, 1.165) is 28.1 Å². The summed E-state index contributed by atoms with van der Waals surface area (Å²) in [7, 11) is 0. The van der Waals surface area contributed by atoms with Crippen molar-refractivity contribution in [3.8, 4) is 11.3 Å². The summed E-state index contributed by atoms with van der Waals surface area (Å²) in [5.41, 5.74) is 10.5. The number of nitrogens with two attached hydrogens (primary N) is 1. The molecule has 3 N–H and O–H groups in total. The van der Waals surface area contributed by atoms with Crippen LogP contribution in [0, 0.1) is 0 Å². The van der Waals surface area contributed by atoms with Crippen LogP contribution >= 0.6 is 0 Å². The molecule has 0 aliphatic rings. The second-order valence-corrected chi connectivity index (χ2v) is 5.80. The molecule has 0 bridgehead atoms. The van der Waals surface area contributed by atoms with Gasteiger partial charge in [-0.05, 0) is 35.4 Å². The highest BCUT2D eigenvalue weighted by molar-refractivity contribution is 5.57. The summed E-state index contributed by atoms with van der Waals surface area (Å²) in [4.78, 5) is 4.24. The molecule has 0 fully saturated rings. The molecule has 6 nitrogen and oxygen atoms in total. The molecule has 1 aromatic carbocycles. The molecule has 0 spiro atoms. The number of hydrogen-bond acceptors (Lipinski definition) is 5. The predicted octanol–water partition coefficient (Wildman–Crippen LogP) is 3.34. The van der Waals surface area contributed by atoms with E-state index in [1.165, 1.54) is 0 Å². The third-order valence-corrected chi connectivity index (χ3v) is 3.69. The first-order valence-electron chi connectivity index (χ1n) is 8.40. The van der Waals surface area contributed by atoms with Crippen LogP contribution in [0.4, 0.5) is 5.69 Å². The SMILES string of the molecule is Nc1cccc(COC/C=C/COCc2cncc(-c3ccn[nH]3)c2)c1. The number of nitrogens with one attached hydrogen (secondary N) is 1. The van der Waals surface area contributed by atoms with Gasteiger partial charge in [-0.2, -0.15) is 5.10 Å². The third-order valence-electron chi connectivity index (χ3n) is 3.69. The molecular formula is C20H22N4O2. The van der Waals surface area contributed by atoms with Gasteiger partial charge < -0.3 is 15.2 Å². The maximum atomic E-state index is 5.73. The highest BCUT2D eigenvalue weighted by atomic mass is 16.5. The van der Waals surface area contributed by atoms with Gasteiger partial charge in [0, 0.05) is 29.8 Å². The monoisotopic (exact) mass is 350 g/mol. The number of aromatic nitrogens is 3. The minimum Gasteiger partial charge on any atom is -0.399 e. The van der Waals surface area contributed by atoms with Gasteiger partial charge in [0.25, 0.3) is 0 Å². The molecule has 0 atom stereocenters. The molecule has 0 radical (unpaired) electrons. The van der Waals surface area contributed by atoms with Gasteiger partial charge in [0.15, 0.2) is 0 Å². The Labute approximate surface area is 152 Å².